The number of hydrogen-bond acceptors (Lipinski definition) is 4. The van der Waals surface area contributed by atoms with Crippen molar-refractivity contribution >= 4 is 21.8 Å². The first-order valence-electron chi connectivity index (χ1n) is 6.24. The Bertz CT molecular complexity index is 629. The third kappa shape index (κ3) is 3.95. The highest BCUT2D eigenvalue weighted by Gasteiger charge is 2.08. The first-order chi connectivity index (χ1) is 10.1. The molecule has 110 valence electrons. The van der Waals surface area contributed by atoms with Crippen LogP contribution in [0.3, 0.4) is 0 Å². The van der Waals surface area contributed by atoms with Gasteiger partial charge in [0.1, 0.15) is 5.69 Å². The Morgan fingerprint density at radius 3 is 2.57 bits per heavy atom. The van der Waals surface area contributed by atoms with Gasteiger partial charge >= 0.3 is 0 Å². The van der Waals surface area contributed by atoms with E-state index in [0.717, 1.165) is 10.0 Å². The molecular formula is C15H15BrN2O3. The number of ether oxygens (including phenoxy) is 2. The summed E-state index contributed by atoms with van der Waals surface area (Å²) >= 11 is 3.28. The van der Waals surface area contributed by atoms with Crippen LogP contribution in [-0.2, 0) is 6.54 Å². The molecule has 2 rings (SSSR count). The van der Waals surface area contributed by atoms with Gasteiger partial charge in [-0.3, -0.25) is 4.79 Å². The fraction of sp³-hybridized carbons (Fsp3) is 0.200. The molecule has 0 spiro atoms. The molecule has 6 heteroatoms. The van der Waals surface area contributed by atoms with Crippen LogP contribution in [0.25, 0.3) is 0 Å². The van der Waals surface area contributed by atoms with Crippen molar-refractivity contribution in [2.24, 2.45) is 0 Å². The number of amides is 1. The summed E-state index contributed by atoms with van der Waals surface area (Å²) in [5, 5.41) is 2.81. The van der Waals surface area contributed by atoms with E-state index >= 15 is 0 Å². The van der Waals surface area contributed by atoms with Gasteiger partial charge in [0.05, 0.1) is 14.2 Å². The number of hydrogen-bond donors (Lipinski definition) is 1. The molecule has 1 heterocycles. The fourth-order valence-electron chi connectivity index (χ4n) is 1.77. The van der Waals surface area contributed by atoms with E-state index in [0.29, 0.717) is 23.7 Å². The van der Waals surface area contributed by atoms with E-state index in [4.69, 9.17) is 9.47 Å². The highest BCUT2D eigenvalue weighted by Crippen LogP contribution is 2.27. The Morgan fingerprint density at radius 1 is 1.19 bits per heavy atom. The van der Waals surface area contributed by atoms with Gasteiger partial charge in [-0.05, 0) is 45.8 Å². The Morgan fingerprint density at radius 2 is 1.95 bits per heavy atom. The molecule has 1 amide bonds. The summed E-state index contributed by atoms with van der Waals surface area (Å²) in [7, 11) is 3.16. The minimum atomic E-state index is -0.225. The van der Waals surface area contributed by atoms with Gasteiger partial charge in [-0.1, -0.05) is 6.07 Å². The number of rotatable bonds is 5. The summed E-state index contributed by atoms with van der Waals surface area (Å²) < 4.78 is 11.2. The molecule has 21 heavy (non-hydrogen) atoms. The highest BCUT2D eigenvalue weighted by molar-refractivity contribution is 9.10. The van der Waals surface area contributed by atoms with Crippen LogP contribution >= 0.6 is 15.9 Å². The second-order valence-electron chi connectivity index (χ2n) is 4.23. The molecule has 0 fully saturated rings. The van der Waals surface area contributed by atoms with E-state index in [2.05, 4.69) is 26.2 Å². The summed E-state index contributed by atoms with van der Waals surface area (Å²) in [5.41, 5.74) is 1.29. The lowest BCUT2D eigenvalue weighted by Gasteiger charge is -2.10. The topological polar surface area (TPSA) is 60.5 Å². The number of halogens is 1. The minimum absolute atomic E-state index is 0.225. The third-order valence-corrected chi connectivity index (χ3v) is 3.33. The molecule has 0 aliphatic carbocycles. The zero-order valence-corrected chi connectivity index (χ0v) is 13.3. The monoisotopic (exact) mass is 350 g/mol. The number of benzene rings is 1. The van der Waals surface area contributed by atoms with Crippen molar-refractivity contribution < 1.29 is 14.3 Å². The van der Waals surface area contributed by atoms with Crippen LogP contribution in [0.1, 0.15) is 16.1 Å². The van der Waals surface area contributed by atoms with Gasteiger partial charge in [0.15, 0.2) is 11.5 Å². The summed E-state index contributed by atoms with van der Waals surface area (Å²) in [6, 6.07) is 8.94. The first kappa shape index (κ1) is 15.3. The van der Waals surface area contributed by atoms with Gasteiger partial charge in [0, 0.05) is 17.2 Å². The molecule has 0 unspecified atom stereocenters. The first-order valence-corrected chi connectivity index (χ1v) is 7.04. The largest absolute Gasteiger partial charge is 0.493 e. The number of carbonyl (C=O) groups is 1. The molecular weight excluding hydrogens is 336 g/mol. The summed E-state index contributed by atoms with van der Waals surface area (Å²) in [5.74, 6) is 1.06. The number of carbonyl (C=O) groups excluding carboxylic acids is 1. The van der Waals surface area contributed by atoms with Crippen molar-refractivity contribution in [1.82, 2.24) is 10.3 Å². The van der Waals surface area contributed by atoms with Crippen molar-refractivity contribution in [3.05, 3.63) is 52.3 Å². The van der Waals surface area contributed by atoms with E-state index in [1.807, 2.05) is 12.1 Å². The van der Waals surface area contributed by atoms with Crippen LogP contribution in [0.15, 0.2) is 41.0 Å². The van der Waals surface area contributed by atoms with Crippen molar-refractivity contribution in [3.63, 3.8) is 0 Å². The van der Waals surface area contributed by atoms with E-state index < -0.39 is 0 Å². The Labute approximate surface area is 131 Å². The number of aromatic nitrogens is 1. The lowest BCUT2D eigenvalue weighted by molar-refractivity contribution is 0.0946. The molecule has 0 radical (unpaired) electrons. The predicted molar refractivity (Wildman–Crippen MR) is 82.7 cm³/mol. The molecule has 5 nitrogen and oxygen atoms in total. The Hall–Kier alpha value is -2.08. The molecule has 2 aromatic rings. The predicted octanol–water partition coefficient (Wildman–Crippen LogP) is 2.79. The van der Waals surface area contributed by atoms with Crippen LogP contribution in [0.4, 0.5) is 0 Å². The molecule has 0 bridgehead atoms. The summed E-state index contributed by atoms with van der Waals surface area (Å²) in [6.45, 7) is 0.386. The maximum Gasteiger partial charge on any atom is 0.270 e. The average Bonchev–Trinajstić information content (AvgIpc) is 2.52. The quantitative estimate of drug-likeness (QED) is 0.900. The van der Waals surface area contributed by atoms with Crippen molar-refractivity contribution in [2.75, 3.05) is 14.2 Å². The van der Waals surface area contributed by atoms with Crippen molar-refractivity contribution in [2.45, 2.75) is 6.54 Å². The van der Waals surface area contributed by atoms with Gasteiger partial charge < -0.3 is 14.8 Å². The molecule has 0 aliphatic rings. The highest BCUT2D eigenvalue weighted by atomic mass is 79.9. The summed E-state index contributed by atoms with van der Waals surface area (Å²) in [4.78, 5) is 16.0. The van der Waals surface area contributed by atoms with Gasteiger partial charge in [-0.25, -0.2) is 4.98 Å². The van der Waals surface area contributed by atoms with E-state index in [9.17, 15) is 4.79 Å². The van der Waals surface area contributed by atoms with Gasteiger partial charge in [-0.15, -0.1) is 0 Å². The molecule has 0 aliphatic heterocycles. The van der Waals surface area contributed by atoms with Gasteiger partial charge in [0.25, 0.3) is 5.91 Å². The maximum atomic E-state index is 12.0. The maximum absolute atomic E-state index is 12.0. The van der Waals surface area contributed by atoms with E-state index in [1.165, 1.54) is 0 Å². The average molecular weight is 351 g/mol. The summed E-state index contributed by atoms with van der Waals surface area (Å²) in [6.07, 6.45) is 1.59. The van der Waals surface area contributed by atoms with Crippen LogP contribution < -0.4 is 14.8 Å². The molecule has 1 aromatic heterocycles. The number of methoxy groups -OCH3 is 2. The fourth-order valence-corrected chi connectivity index (χ4v) is 2.01. The lowest BCUT2D eigenvalue weighted by atomic mass is 10.2. The van der Waals surface area contributed by atoms with Crippen LogP contribution in [0, 0.1) is 0 Å². The van der Waals surface area contributed by atoms with Crippen molar-refractivity contribution in [1.29, 1.82) is 0 Å². The zero-order chi connectivity index (χ0) is 15.2. The molecule has 1 N–H and O–H groups in total. The normalized spacial score (nSPS) is 10.0. The van der Waals surface area contributed by atoms with Crippen LogP contribution in [-0.4, -0.2) is 25.1 Å². The van der Waals surface area contributed by atoms with Crippen LogP contribution in [0.5, 0.6) is 11.5 Å². The Kier molecular flexibility index (Phi) is 5.16. The zero-order valence-electron chi connectivity index (χ0n) is 11.7. The molecule has 0 saturated heterocycles. The third-order valence-electron chi connectivity index (χ3n) is 2.86. The molecule has 0 saturated carbocycles. The Balaban J connectivity index is 2.02. The molecule has 1 aromatic carbocycles. The number of pyridine rings is 1. The minimum Gasteiger partial charge on any atom is -0.493 e. The standard InChI is InChI=1S/C15H15BrN2O3/c1-20-13-6-3-10(7-14(13)21-2)8-18-15(19)12-5-4-11(16)9-17-12/h3-7,9H,8H2,1-2H3,(H,18,19). The SMILES string of the molecule is COc1ccc(CNC(=O)c2ccc(Br)cn2)cc1OC. The number of nitrogens with zero attached hydrogens (tertiary/aromatic N) is 1. The van der Waals surface area contributed by atoms with Gasteiger partial charge in [-0.2, -0.15) is 0 Å². The van der Waals surface area contributed by atoms with E-state index in [1.54, 1.807) is 38.6 Å². The van der Waals surface area contributed by atoms with Crippen molar-refractivity contribution in [3.8, 4) is 11.5 Å². The molecule has 0 atom stereocenters. The lowest BCUT2D eigenvalue weighted by Crippen LogP contribution is -2.23. The van der Waals surface area contributed by atoms with Gasteiger partial charge in [0.2, 0.25) is 0 Å². The second-order valence-corrected chi connectivity index (χ2v) is 5.15. The number of nitrogens with one attached hydrogen (secondary N) is 1. The smallest absolute Gasteiger partial charge is 0.270 e. The van der Waals surface area contributed by atoms with Crippen LogP contribution in [0.2, 0.25) is 0 Å². The second kappa shape index (κ2) is 7.08. The van der Waals surface area contributed by atoms with E-state index in [-0.39, 0.29) is 5.91 Å².